The molecule has 0 aliphatic carbocycles. The van der Waals surface area contributed by atoms with Crippen LogP contribution in [-0.2, 0) is 11.3 Å². The topological polar surface area (TPSA) is 100.0 Å². The zero-order valence-corrected chi connectivity index (χ0v) is 14.5. The van der Waals surface area contributed by atoms with E-state index in [-0.39, 0.29) is 11.9 Å². The van der Waals surface area contributed by atoms with E-state index in [0.717, 1.165) is 37.4 Å². The van der Waals surface area contributed by atoms with Crippen LogP contribution in [0, 0.1) is 0 Å². The molecule has 0 radical (unpaired) electrons. The Labute approximate surface area is 143 Å². The minimum Gasteiger partial charge on any atom is -0.370 e. The number of hydrogen-bond donors (Lipinski definition) is 3. The van der Waals surface area contributed by atoms with Gasteiger partial charge >= 0.3 is 0 Å². The molecule has 0 spiro atoms. The van der Waals surface area contributed by atoms with Crippen LogP contribution in [0.25, 0.3) is 0 Å². The Morgan fingerprint density at radius 1 is 1.17 bits per heavy atom. The number of carbonyl (C=O) groups is 1. The summed E-state index contributed by atoms with van der Waals surface area (Å²) in [6.45, 7) is 8.21. The van der Waals surface area contributed by atoms with Crippen molar-refractivity contribution in [1.82, 2.24) is 10.2 Å². The van der Waals surface area contributed by atoms with E-state index in [0.29, 0.717) is 19.1 Å². The molecule has 0 atom stereocenters. The first kappa shape index (κ1) is 18.1. The van der Waals surface area contributed by atoms with Crippen molar-refractivity contribution in [2.24, 2.45) is 16.5 Å². The van der Waals surface area contributed by atoms with Gasteiger partial charge in [-0.15, -0.1) is 0 Å². The first-order valence-corrected chi connectivity index (χ1v) is 8.36. The molecule has 1 fully saturated rings. The zero-order valence-electron chi connectivity index (χ0n) is 14.5. The average Bonchev–Trinajstić information content (AvgIpc) is 2.58. The van der Waals surface area contributed by atoms with Gasteiger partial charge in [-0.25, -0.2) is 4.99 Å². The molecule has 0 saturated carbocycles. The summed E-state index contributed by atoms with van der Waals surface area (Å²) in [4.78, 5) is 20.4. The molecule has 1 saturated heterocycles. The second kappa shape index (κ2) is 8.54. The Bertz CT molecular complexity index is 557. The summed E-state index contributed by atoms with van der Waals surface area (Å²) in [5.41, 5.74) is 12.9. The first-order chi connectivity index (χ1) is 11.5. The highest BCUT2D eigenvalue weighted by atomic mass is 16.2. The molecule has 1 aromatic carbocycles. The number of anilines is 1. The maximum absolute atomic E-state index is 12.1. The standard InChI is InChI=1S/C17H28N6O/c1-13(2)20-12-16(24)23-9-7-22(8-10-23)15-5-3-14(4-6-15)11-21-17(18)19/h3-6,13,20H,7-12H2,1-2H3,(H4,18,19,21). The summed E-state index contributed by atoms with van der Waals surface area (Å²) in [7, 11) is 0. The molecule has 0 bridgehead atoms. The molecular weight excluding hydrogens is 304 g/mol. The number of guanidine groups is 1. The third-order valence-electron chi connectivity index (χ3n) is 4.04. The summed E-state index contributed by atoms with van der Waals surface area (Å²) < 4.78 is 0. The van der Waals surface area contributed by atoms with E-state index in [1.54, 1.807) is 0 Å². The van der Waals surface area contributed by atoms with E-state index in [1.807, 2.05) is 30.9 Å². The molecule has 2 rings (SSSR count). The van der Waals surface area contributed by atoms with Crippen molar-refractivity contribution in [3.05, 3.63) is 29.8 Å². The van der Waals surface area contributed by atoms with Gasteiger partial charge in [-0.2, -0.15) is 0 Å². The van der Waals surface area contributed by atoms with Crippen LogP contribution in [0.15, 0.2) is 29.3 Å². The largest absolute Gasteiger partial charge is 0.370 e. The lowest BCUT2D eigenvalue weighted by molar-refractivity contribution is -0.130. The molecule has 5 N–H and O–H groups in total. The van der Waals surface area contributed by atoms with Crippen molar-refractivity contribution in [3.63, 3.8) is 0 Å². The van der Waals surface area contributed by atoms with Gasteiger partial charge in [0.05, 0.1) is 13.1 Å². The number of carbonyl (C=O) groups excluding carboxylic acids is 1. The maximum atomic E-state index is 12.1. The van der Waals surface area contributed by atoms with E-state index in [4.69, 9.17) is 11.5 Å². The van der Waals surface area contributed by atoms with Crippen LogP contribution in [0.4, 0.5) is 5.69 Å². The molecule has 0 unspecified atom stereocenters. The second-order valence-electron chi connectivity index (χ2n) is 6.31. The van der Waals surface area contributed by atoms with Gasteiger partial charge in [-0.3, -0.25) is 4.79 Å². The lowest BCUT2D eigenvalue weighted by atomic mass is 10.2. The van der Waals surface area contributed by atoms with Gasteiger partial charge in [0.2, 0.25) is 5.91 Å². The highest BCUT2D eigenvalue weighted by molar-refractivity contribution is 5.78. The average molecular weight is 332 g/mol. The van der Waals surface area contributed by atoms with Crippen LogP contribution < -0.4 is 21.7 Å². The summed E-state index contributed by atoms with van der Waals surface area (Å²) >= 11 is 0. The van der Waals surface area contributed by atoms with Crippen molar-refractivity contribution in [1.29, 1.82) is 0 Å². The molecule has 1 heterocycles. The molecule has 24 heavy (non-hydrogen) atoms. The monoisotopic (exact) mass is 332 g/mol. The number of rotatable bonds is 6. The molecule has 1 aliphatic heterocycles. The van der Waals surface area contributed by atoms with Gasteiger partial charge in [0.15, 0.2) is 5.96 Å². The molecule has 1 amide bonds. The van der Waals surface area contributed by atoms with E-state index in [1.165, 1.54) is 0 Å². The fourth-order valence-corrected chi connectivity index (χ4v) is 2.61. The summed E-state index contributed by atoms with van der Waals surface area (Å²) in [6, 6.07) is 8.55. The molecule has 1 aliphatic rings. The van der Waals surface area contributed by atoms with Crippen LogP contribution in [-0.4, -0.2) is 55.5 Å². The van der Waals surface area contributed by atoms with Crippen LogP contribution in [0.5, 0.6) is 0 Å². The highest BCUT2D eigenvalue weighted by Crippen LogP contribution is 2.17. The fourth-order valence-electron chi connectivity index (χ4n) is 2.61. The number of benzene rings is 1. The smallest absolute Gasteiger partial charge is 0.236 e. The summed E-state index contributed by atoms with van der Waals surface area (Å²) in [6.07, 6.45) is 0. The maximum Gasteiger partial charge on any atom is 0.236 e. The predicted molar refractivity (Wildman–Crippen MR) is 97.9 cm³/mol. The van der Waals surface area contributed by atoms with Crippen LogP contribution in [0.3, 0.4) is 0 Å². The molecule has 0 aromatic heterocycles. The van der Waals surface area contributed by atoms with Crippen molar-refractivity contribution >= 4 is 17.6 Å². The quantitative estimate of drug-likeness (QED) is 0.507. The number of nitrogens with one attached hydrogen (secondary N) is 1. The minimum absolute atomic E-state index is 0.104. The summed E-state index contributed by atoms with van der Waals surface area (Å²) in [5, 5.41) is 3.18. The molecule has 7 heteroatoms. The Kier molecular flexibility index (Phi) is 6.43. The third-order valence-corrected chi connectivity index (χ3v) is 4.04. The molecule has 7 nitrogen and oxygen atoms in total. The highest BCUT2D eigenvalue weighted by Gasteiger charge is 2.21. The lowest BCUT2D eigenvalue weighted by Gasteiger charge is -2.36. The van der Waals surface area contributed by atoms with Gasteiger partial charge in [0.25, 0.3) is 0 Å². The number of nitrogens with two attached hydrogens (primary N) is 2. The van der Waals surface area contributed by atoms with Gasteiger partial charge in [-0.05, 0) is 17.7 Å². The third kappa shape index (κ3) is 5.42. The van der Waals surface area contributed by atoms with Crippen molar-refractivity contribution in [3.8, 4) is 0 Å². The van der Waals surface area contributed by atoms with Crippen molar-refractivity contribution < 1.29 is 4.79 Å². The molecule has 132 valence electrons. The molecule has 1 aromatic rings. The van der Waals surface area contributed by atoms with E-state index < -0.39 is 0 Å². The Morgan fingerprint density at radius 2 is 1.79 bits per heavy atom. The van der Waals surface area contributed by atoms with E-state index >= 15 is 0 Å². The Morgan fingerprint density at radius 3 is 2.33 bits per heavy atom. The number of nitrogens with zero attached hydrogens (tertiary/aromatic N) is 3. The lowest BCUT2D eigenvalue weighted by Crippen LogP contribution is -2.51. The van der Waals surface area contributed by atoms with E-state index in [9.17, 15) is 4.79 Å². The van der Waals surface area contributed by atoms with Gasteiger partial charge in [0, 0.05) is 37.9 Å². The first-order valence-electron chi connectivity index (χ1n) is 8.36. The van der Waals surface area contributed by atoms with Gasteiger partial charge in [-0.1, -0.05) is 26.0 Å². The zero-order chi connectivity index (χ0) is 17.5. The van der Waals surface area contributed by atoms with Gasteiger partial charge < -0.3 is 26.6 Å². The second-order valence-corrected chi connectivity index (χ2v) is 6.31. The number of aliphatic imine (C=N–C) groups is 1. The SMILES string of the molecule is CC(C)NCC(=O)N1CCN(c2ccc(CN=C(N)N)cc2)CC1. The normalized spacial score (nSPS) is 14.8. The van der Waals surface area contributed by atoms with Crippen molar-refractivity contribution in [2.75, 3.05) is 37.6 Å². The molecular formula is C17H28N6O. The van der Waals surface area contributed by atoms with E-state index in [2.05, 4.69) is 27.3 Å². The van der Waals surface area contributed by atoms with Crippen molar-refractivity contribution in [2.45, 2.75) is 26.4 Å². The minimum atomic E-state index is 0.104. The number of hydrogen-bond acceptors (Lipinski definition) is 4. The van der Waals surface area contributed by atoms with Gasteiger partial charge in [0.1, 0.15) is 0 Å². The number of amides is 1. The Balaban J connectivity index is 1.83. The number of piperazine rings is 1. The fraction of sp³-hybridized carbons (Fsp3) is 0.529. The predicted octanol–water partition coefficient (Wildman–Crippen LogP) is 0.107. The van der Waals surface area contributed by atoms with Crippen LogP contribution >= 0.6 is 0 Å². The van der Waals surface area contributed by atoms with Crippen LogP contribution in [0.2, 0.25) is 0 Å². The summed E-state index contributed by atoms with van der Waals surface area (Å²) in [5.74, 6) is 0.280. The Hall–Kier alpha value is -2.28. The van der Waals surface area contributed by atoms with Crippen LogP contribution in [0.1, 0.15) is 19.4 Å².